The molecule has 5 nitrogen and oxygen atoms in total. The Morgan fingerprint density at radius 3 is 2.38 bits per heavy atom. The number of likely N-dealkylation sites (N-methyl/N-ethyl adjacent to an activating group) is 1. The van der Waals surface area contributed by atoms with E-state index >= 15 is 0 Å². The lowest BCUT2D eigenvalue weighted by molar-refractivity contribution is 0.140. The maximum absolute atomic E-state index is 10.3. The van der Waals surface area contributed by atoms with E-state index < -0.39 is 6.10 Å². The minimum atomic E-state index is -0.555. The van der Waals surface area contributed by atoms with E-state index in [1.807, 2.05) is 44.0 Å². The van der Waals surface area contributed by atoms with Gasteiger partial charge in [0.05, 0.1) is 25.9 Å². The maximum Gasteiger partial charge on any atom is 0.161 e. The molecule has 1 atom stereocenters. The predicted octanol–water partition coefficient (Wildman–Crippen LogP) is 1.83. The van der Waals surface area contributed by atoms with Gasteiger partial charge in [0.15, 0.2) is 11.5 Å². The second-order valence-corrected chi connectivity index (χ2v) is 4.90. The third-order valence-corrected chi connectivity index (χ3v) is 3.22. The van der Waals surface area contributed by atoms with Gasteiger partial charge in [-0.25, -0.2) is 0 Å². The van der Waals surface area contributed by atoms with Gasteiger partial charge in [-0.2, -0.15) is 0 Å². The van der Waals surface area contributed by atoms with E-state index in [2.05, 4.69) is 0 Å². The number of aliphatic hydroxyl groups excluding tert-OH is 2. The largest absolute Gasteiger partial charge is 0.490 e. The van der Waals surface area contributed by atoms with E-state index in [0.717, 1.165) is 12.1 Å². The van der Waals surface area contributed by atoms with Crippen LogP contribution < -0.4 is 9.47 Å². The molecular formula is C16H27NO4. The van der Waals surface area contributed by atoms with Crippen molar-refractivity contribution in [2.45, 2.75) is 26.4 Å². The van der Waals surface area contributed by atoms with Gasteiger partial charge in [-0.1, -0.05) is 6.07 Å². The van der Waals surface area contributed by atoms with Crippen molar-refractivity contribution in [3.05, 3.63) is 23.8 Å². The molecule has 1 aromatic rings. The fraction of sp³-hybridized carbons (Fsp3) is 0.625. The Morgan fingerprint density at radius 1 is 1.10 bits per heavy atom. The zero-order chi connectivity index (χ0) is 15.7. The summed E-state index contributed by atoms with van der Waals surface area (Å²) in [5.74, 6) is 1.37. The maximum atomic E-state index is 10.3. The molecule has 0 radical (unpaired) electrons. The third kappa shape index (κ3) is 5.91. The van der Waals surface area contributed by atoms with Crippen LogP contribution in [0.4, 0.5) is 0 Å². The van der Waals surface area contributed by atoms with Crippen LogP contribution in [-0.2, 0) is 0 Å². The number of ether oxygens (including phenoxy) is 2. The highest BCUT2D eigenvalue weighted by molar-refractivity contribution is 5.43. The van der Waals surface area contributed by atoms with Crippen LogP contribution in [0.2, 0.25) is 0 Å². The molecule has 21 heavy (non-hydrogen) atoms. The van der Waals surface area contributed by atoms with Crippen molar-refractivity contribution in [1.29, 1.82) is 0 Å². The zero-order valence-corrected chi connectivity index (χ0v) is 13.2. The lowest BCUT2D eigenvalue weighted by Gasteiger charge is -2.19. The first kappa shape index (κ1) is 17.8. The van der Waals surface area contributed by atoms with Gasteiger partial charge in [0.1, 0.15) is 0 Å². The van der Waals surface area contributed by atoms with Crippen LogP contribution in [0.5, 0.6) is 11.5 Å². The van der Waals surface area contributed by atoms with E-state index in [9.17, 15) is 5.11 Å². The van der Waals surface area contributed by atoms with Gasteiger partial charge in [-0.3, -0.25) is 0 Å². The molecule has 120 valence electrons. The third-order valence-electron chi connectivity index (χ3n) is 3.22. The lowest BCUT2D eigenvalue weighted by Crippen LogP contribution is -2.24. The van der Waals surface area contributed by atoms with Crippen molar-refractivity contribution in [2.75, 3.05) is 40.0 Å². The summed E-state index contributed by atoms with van der Waals surface area (Å²) in [5.41, 5.74) is 0.819. The summed E-state index contributed by atoms with van der Waals surface area (Å²) in [5, 5.41) is 19.1. The van der Waals surface area contributed by atoms with Crippen molar-refractivity contribution < 1.29 is 19.7 Å². The van der Waals surface area contributed by atoms with Gasteiger partial charge in [0, 0.05) is 13.1 Å². The van der Waals surface area contributed by atoms with Gasteiger partial charge in [-0.15, -0.1) is 0 Å². The molecule has 0 saturated carbocycles. The second-order valence-electron chi connectivity index (χ2n) is 4.90. The highest BCUT2D eigenvalue weighted by Crippen LogP contribution is 2.31. The minimum Gasteiger partial charge on any atom is -0.490 e. The van der Waals surface area contributed by atoms with Crippen molar-refractivity contribution in [1.82, 2.24) is 4.90 Å². The van der Waals surface area contributed by atoms with Crippen LogP contribution in [-0.4, -0.2) is 55.1 Å². The summed E-state index contributed by atoms with van der Waals surface area (Å²) in [6, 6.07) is 5.54. The van der Waals surface area contributed by atoms with Crippen molar-refractivity contribution >= 4 is 0 Å². The number of hydrogen-bond acceptors (Lipinski definition) is 5. The molecule has 5 heteroatoms. The summed E-state index contributed by atoms with van der Waals surface area (Å²) in [4.78, 5) is 1.99. The first-order valence-corrected chi connectivity index (χ1v) is 7.49. The average Bonchev–Trinajstić information content (AvgIpc) is 2.47. The van der Waals surface area contributed by atoms with Crippen molar-refractivity contribution in [2.24, 2.45) is 0 Å². The van der Waals surface area contributed by atoms with Gasteiger partial charge in [0.2, 0.25) is 0 Å². The molecule has 0 saturated heterocycles. The van der Waals surface area contributed by atoms with Gasteiger partial charge >= 0.3 is 0 Å². The first-order chi connectivity index (χ1) is 10.1. The molecule has 0 aliphatic rings. The monoisotopic (exact) mass is 297 g/mol. The Morgan fingerprint density at radius 2 is 1.76 bits per heavy atom. The Labute approximate surface area is 127 Å². The summed E-state index contributed by atoms with van der Waals surface area (Å²) in [6.07, 6.45) is 0.0526. The highest BCUT2D eigenvalue weighted by Gasteiger charge is 2.13. The molecule has 0 aromatic heterocycles. The van der Waals surface area contributed by atoms with Crippen LogP contribution >= 0.6 is 0 Å². The number of hydrogen-bond donors (Lipinski definition) is 2. The van der Waals surface area contributed by atoms with Crippen LogP contribution in [0.25, 0.3) is 0 Å². The number of rotatable bonds is 10. The fourth-order valence-corrected chi connectivity index (χ4v) is 2.07. The molecule has 0 aliphatic heterocycles. The zero-order valence-electron chi connectivity index (χ0n) is 13.2. The van der Waals surface area contributed by atoms with Crippen LogP contribution in [0.15, 0.2) is 18.2 Å². The van der Waals surface area contributed by atoms with Crippen LogP contribution in [0, 0.1) is 0 Å². The molecular weight excluding hydrogens is 270 g/mol. The van der Waals surface area contributed by atoms with E-state index in [0.29, 0.717) is 37.7 Å². The molecule has 1 rings (SSSR count). The topological polar surface area (TPSA) is 62.2 Å². The van der Waals surface area contributed by atoms with Gasteiger partial charge in [0.25, 0.3) is 0 Å². The number of aliphatic hydroxyl groups is 2. The van der Waals surface area contributed by atoms with E-state index in [4.69, 9.17) is 14.6 Å². The molecule has 0 fully saturated rings. The van der Waals surface area contributed by atoms with Gasteiger partial charge < -0.3 is 24.6 Å². The standard InChI is InChI=1S/C16H27NO4/c1-4-20-15-7-6-13(12-16(15)21-5-2)14(19)8-9-17(3)10-11-18/h6-7,12,14,18-19H,4-5,8-11H2,1-3H3. The Hall–Kier alpha value is -1.30. The molecule has 0 amide bonds. The molecule has 1 unspecified atom stereocenters. The number of benzene rings is 1. The van der Waals surface area contributed by atoms with Gasteiger partial charge in [-0.05, 0) is 45.0 Å². The lowest BCUT2D eigenvalue weighted by atomic mass is 10.1. The molecule has 1 aromatic carbocycles. The SMILES string of the molecule is CCOc1ccc(C(O)CCN(C)CCO)cc1OCC. The Kier molecular flexibility index (Phi) is 8.12. The predicted molar refractivity (Wildman–Crippen MR) is 82.9 cm³/mol. The van der Waals surface area contributed by atoms with Crippen LogP contribution in [0.3, 0.4) is 0 Å². The summed E-state index contributed by atoms with van der Waals surface area (Å²) in [6.45, 7) is 6.44. The average molecular weight is 297 g/mol. The Balaban J connectivity index is 2.70. The fourth-order valence-electron chi connectivity index (χ4n) is 2.07. The van der Waals surface area contributed by atoms with E-state index in [-0.39, 0.29) is 6.61 Å². The second kappa shape index (κ2) is 9.60. The first-order valence-electron chi connectivity index (χ1n) is 7.49. The van der Waals surface area contributed by atoms with E-state index in [1.54, 1.807) is 0 Å². The van der Waals surface area contributed by atoms with Crippen LogP contribution in [0.1, 0.15) is 31.9 Å². The number of nitrogens with zero attached hydrogens (tertiary/aromatic N) is 1. The Bertz CT molecular complexity index is 411. The van der Waals surface area contributed by atoms with Crippen molar-refractivity contribution in [3.63, 3.8) is 0 Å². The normalized spacial score (nSPS) is 12.5. The highest BCUT2D eigenvalue weighted by atomic mass is 16.5. The minimum absolute atomic E-state index is 0.129. The molecule has 0 heterocycles. The van der Waals surface area contributed by atoms with E-state index in [1.165, 1.54) is 0 Å². The summed E-state index contributed by atoms with van der Waals surface area (Å²) < 4.78 is 11.1. The molecule has 0 spiro atoms. The van der Waals surface area contributed by atoms with Crippen molar-refractivity contribution in [3.8, 4) is 11.5 Å². The molecule has 0 bridgehead atoms. The summed E-state index contributed by atoms with van der Waals surface area (Å²) in [7, 11) is 1.92. The quantitative estimate of drug-likeness (QED) is 0.690. The molecule has 2 N–H and O–H groups in total. The smallest absolute Gasteiger partial charge is 0.161 e. The summed E-state index contributed by atoms with van der Waals surface area (Å²) >= 11 is 0. The molecule has 0 aliphatic carbocycles.